The molecule has 0 aromatic heterocycles. The fraction of sp³-hybridized carbons (Fsp3) is 0.231. The second-order valence-electron chi connectivity index (χ2n) is 3.81. The van der Waals surface area contributed by atoms with Crippen molar-refractivity contribution in [2.75, 3.05) is 20.7 Å². The van der Waals surface area contributed by atoms with E-state index in [-0.39, 0.29) is 12.5 Å². The highest BCUT2D eigenvalue weighted by Crippen LogP contribution is 2.19. The Kier molecular flexibility index (Phi) is 5.86. The van der Waals surface area contributed by atoms with Gasteiger partial charge in [-0.15, -0.1) is 0 Å². The van der Waals surface area contributed by atoms with Crippen LogP contribution in [-0.2, 0) is 14.3 Å². The molecule has 19 heavy (non-hydrogen) atoms. The molecular formula is C13H13Cl2NO3. The average Bonchev–Trinajstić information content (AvgIpc) is 2.34. The number of methoxy groups -OCH3 is 1. The van der Waals surface area contributed by atoms with Crippen LogP contribution >= 0.6 is 23.2 Å². The van der Waals surface area contributed by atoms with E-state index in [1.807, 2.05) is 0 Å². The maximum Gasteiger partial charge on any atom is 0.325 e. The van der Waals surface area contributed by atoms with Gasteiger partial charge in [0.05, 0.1) is 7.11 Å². The van der Waals surface area contributed by atoms with Gasteiger partial charge in [-0.05, 0) is 29.8 Å². The molecule has 0 aliphatic heterocycles. The summed E-state index contributed by atoms with van der Waals surface area (Å²) < 4.78 is 4.47. The van der Waals surface area contributed by atoms with Gasteiger partial charge in [0.2, 0.25) is 5.91 Å². The first-order valence-corrected chi connectivity index (χ1v) is 6.14. The zero-order valence-corrected chi connectivity index (χ0v) is 12.0. The maximum absolute atomic E-state index is 11.7. The van der Waals surface area contributed by atoms with Crippen LogP contribution in [0.3, 0.4) is 0 Å². The van der Waals surface area contributed by atoms with Crippen LogP contribution < -0.4 is 0 Å². The SMILES string of the molecule is COC(=O)CN(C)C(=O)/C=C/c1cc(Cl)cc(Cl)c1. The van der Waals surface area contributed by atoms with Crippen LogP contribution in [0.15, 0.2) is 24.3 Å². The van der Waals surface area contributed by atoms with Gasteiger partial charge in [0.15, 0.2) is 0 Å². The summed E-state index contributed by atoms with van der Waals surface area (Å²) in [5.74, 6) is -0.795. The third-order valence-corrected chi connectivity index (χ3v) is 2.71. The monoisotopic (exact) mass is 301 g/mol. The first kappa shape index (κ1) is 15.5. The number of likely N-dealkylation sites (N-methyl/N-ethyl adjacent to an activating group) is 1. The van der Waals surface area contributed by atoms with Gasteiger partial charge in [-0.1, -0.05) is 23.2 Å². The molecule has 4 nitrogen and oxygen atoms in total. The van der Waals surface area contributed by atoms with Crippen molar-refractivity contribution in [3.8, 4) is 0 Å². The van der Waals surface area contributed by atoms with Crippen molar-refractivity contribution in [1.29, 1.82) is 0 Å². The Labute approximate surface area is 121 Å². The zero-order valence-electron chi connectivity index (χ0n) is 10.5. The molecule has 0 heterocycles. The van der Waals surface area contributed by atoms with Gasteiger partial charge in [-0.25, -0.2) is 0 Å². The molecule has 1 amide bonds. The number of amides is 1. The van der Waals surface area contributed by atoms with Crippen molar-refractivity contribution in [2.24, 2.45) is 0 Å². The zero-order chi connectivity index (χ0) is 14.4. The number of benzene rings is 1. The van der Waals surface area contributed by atoms with E-state index in [0.29, 0.717) is 15.6 Å². The maximum atomic E-state index is 11.7. The van der Waals surface area contributed by atoms with E-state index in [2.05, 4.69) is 4.74 Å². The standard InChI is InChI=1S/C13H13Cl2NO3/c1-16(8-13(18)19-2)12(17)4-3-9-5-10(14)7-11(15)6-9/h3-7H,8H2,1-2H3/b4-3+. The molecule has 0 atom stereocenters. The quantitative estimate of drug-likeness (QED) is 0.634. The number of esters is 1. The Balaban J connectivity index is 2.70. The average molecular weight is 302 g/mol. The van der Waals surface area contributed by atoms with Crippen molar-refractivity contribution >= 4 is 41.2 Å². The molecule has 0 spiro atoms. The largest absolute Gasteiger partial charge is 0.468 e. The molecule has 0 saturated heterocycles. The first-order valence-electron chi connectivity index (χ1n) is 5.38. The molecule has 0 bridgehead atoms. The van der Waals surface area contributed by atoms with E-state index in [1.165, 1.54) is 25.1 Å². The molecular weight excluding hydrogens is 289 g/mol. The van der Waals surface area contributed by atoms with Gasteiger partial charge in [-0.2, -0.15) is 0 Å². The molecule has 0 radical (unpaired) electrons. The second kappa shape index (κ2) is 7.16. The van der Waals surface area contributed by atoms with Gasteiger partial charge in [0.1, 0.15) is 6.54 Å². The highest BCUT2D eigenvalue weighted by molar-refractivity contribution is 6.34. The van der Waals surface area contributed by atoms with Crippen molar-refractivity contribution in [2.45, 2.75) is 0 Å². The van der Waals surface area contributed by atoms with Crippen molar-refractivity contribution in [3.05, 3.63) is 39.9 Å². The lowest BCUT2D eigenvalue weighted by molar-refractivity contribution is -0.144. The van der Waals surface area contributed by atoms with Gasteiger partial charge >= 0.3 is 5.97 Å². The lowest BCUT2D eigenvalue weighted by atomic mass is 10.2. The van der Waals surface area contributed by atoms with Crippen molar-refractivity contribution < 1.29 is 14.3 Å². The minimum Gasteiger partial charge on any atom is -0.468 e. The summed E-state index contributed by atoms with van der Waals surface area (Å²) >= 11 is 11.7. The van der Waals surface area contributed by atoms with Crippen LogP contribution in [0.4, 0.5) is 0 Å². The fourth-order valence-electron chi connectivity index (χ4n) is 1.30. The van der Waals surface area contributed by atoms with Gasteiger partial charge in [0, 0.05) is 23.2 Å². The molecule has 1 aromatic rings. The smallest absolute Gasteiger partial charge is 0.325 e. The normalized spacial score (nSPS) is 10.5. The number of ether oxygens (including phenoxy) is 1. The summed E-state index contributed by atoms with van der Waals surface area (Å²) in [7, 11) is 2.78. The van der Waals surface area contributed by atoms with Crippen molar-refractivity contribution in [3.63, 3.8) is 0 Å². The highest BCUT2D eigenvalue weighted by Gasteiger charge is 2.10. The minimum atomic E-state index is -0.477. The minimum absolute atomic E-state index is 0.101. The Morgan fingerprint density at radius 1 is 1.26 bits per heavy atom. The molecule has 1 rings (SSSR count). The summed E-state index contributed by atoms with van der Waals surface area (Å²) in [6.07, 6.45) is 2.92. The number of hydrogen-bond acceptors (Lipinski definition) is 3. The number of rotatable bonds is 4. The van der Waals surface area contributed by atoms with E-state index < -0.39 is 5.97 Å². The van der Waals surface area contributed by atoms with E-state index in [1.54, 1.807) is 24.3 Å². The Morgan fingerprint density at radius 2 is 1.84 bits per heavy atom. The third kappa shape index (κ3) is 5.32. The van der Waals surface area contributed by atoms with Crippen LogP contribution in [0, 0.1) is 0 Å². The molecule has 0 aliphatic carbocycles. The van der Waals surface area contributed by atoms with Gasteiger partial charge in [0.25, 0.3) is 0 Å². The summed E-state index contributed by atoms with van der Waals surface area (Å²) in [6.45, 7) is -0.101. The Hall–Kier alpha value is -1.52. The van der Waals surface area contributed by atoms with Crippen LogP contribution in [0.5, 0.6) is 0 Å². The highest BCUT2D eigenvalue weighted by atomic mass is 35.5. The van der Waals surface area contributed by atoms with Gasteiger partial charge < -0.3 is 9.64 Å². The predicted octanol–water partition coefficient (Wildman–Crippen LogP) is 2.64. The van der Waals surface area contributed by atoms with Gasteiger partial charge in [-0.3, -0.25) is 9.59 Å². The predicted molar refractivity (Wildman–Crippen MR) is 75.1 cm³/mol. The Morgan fingerprint density at radius 3 is 2.37 bits per heavy atom. The molecule has 0 aliphatic rings. The van der Waals surface area contributed by atoms with E-state index >= 15 is 0 Å². The molecule has 102 valence electrons. The number of carbonyl (C=O) groups excluding carboxylic acids is 2. The number of hydrogen-bond donors (Lipinski definition) is 0. The third-order valence-electron chi connectivity index (χ3n) is 2.27. The number of nitrogens with zero attached hydrogens (tertiary/aromatic N) is 1. The number of carbonyl (C=O) groups is 2. The van der Waals surface area contributed by atoms with Crippen molar-refractivity contribution in [1.82, 2.24) is 4.90 Å². The van der Waals surface area contributed by atoms with Crippen LogP contribution in [0.2, 0.25) is 10.0 Å². The van der Waals surface area contributed by atoms with E-state index in [4.69, 9.17) is 23.2 Å². The van der Waals surface area contributed by atoms with Crippen LogP contribution in [-0.4, -0.2) is 37.5 Å². The number of halogens is 2. The Bertz CT molecular complexity index is 494. The lowest BCUT2D eigenvalue weighted by Gasteiger charge is -2.12. The van der Waals surface area contributed by atoms with Crippen LogP contribution in [0.1, 0.15) is 5.56 Å². The van der Waals surface area contributed by atoms with E-state index in [9.17, 15) is 9.59 Å². The molecule has 6 heteroatoms. The molecule has 1 aromatic carbocycles. The molecule has 0 saturated carbocycles. The lowest BCUT2D eigenvalue weighted by Crippen LogP contribution is -2.31. The summed E-state index contributed by atoms with van der Waals surface area (Å²) in [5, 5.41) is 0.977. The van der Waals surface area contributed by atoms with Crippen LogP contribution in [0.25, 0.3) is 6.08 Å². The molecule has 0 unspecified atom stereocenters. The molecule has 0 N–H and O–H groups in total. The first-order chi connectivity index (χ1) is 8.92. The second-order valence-corrected chi connectivity index (χ2v) is 4.68. The summed E-state index contributed by atoms with van der Waals surface area (Å²) in [6, 6.07) is 4.96. The van der Waals surface area contributed by atoms with E-state index in [0.717, 1.165) is 0 Å². The molecule has 0 fully saturated rings. The summed E-state index contributed by atoms with van der Waals surface area (Å²) in [5.41, 5.74) is 0.706. The summed E-state index contributed by atoms with van der Waals surface area (Å²) in [4.78, 5) is 24.0. The topological polar surface area (TPSA) is 46.6 Å². The fourth-order valence-corrected chi connectivity index (χ4v) is 1.85.